The minimum Gasteiger partial charge on any atom is -0.306 e. The molecule has 0 aliphatic carbocycles. The highest BCUT2D eigenvalue weighted by Gasteiger charge is 2.09. The lowest BCUT2D eigenvalue weighted by Crippen LogP contribution is -2.14. The number of hydrogen-bond acceptors (Lipinski definition) is 5. The molecule has 0 saturated carbocycles. The van der Waals surface area contributed by atoms with E-state index in [2.05, 4.69) is 25.3 Å². The molecule has 0 aliphatic heterocycles. The highest BCUT2D eigenvalue weighted by Crippen LogP contribution is 2.18. The van der Waals surface area contributed by atoms with Gasteiger partial charge in [0.2, 0.25) is 11.9 Å². The molecule has 110 valence electrons. The largest absolute Gasteiger partial charge is 0.306 e. The molecule has 8 heteroatoms. The molecule has 2 N–H and O–H groups in total. The first-order valence-corrected chi connectivity index (χ1v) is 6.71. The smallest absolute Gasteiger partial charge is 0.262 e. The van der Waals surface area contributed by atoms with Gasteiger partial charge >= 0.3 is 0 Å². The molecule has 7 nitrogen and oxygen atoms in total. The number of fused-ring (bicyclic) bond motifs is 1. The SMILES string of the molecule is CC(=O)Nc1ncc2c(=O)[nH]c(-c3ccc(Cl)cc3)nc2n1. The average Bonchev–Trinajstić information content (AvgIpc) is 2.47. The fraction of sp³-hybridized carbons (Fsp3) is 0.0714. The van der Waals surface area contributed by atoms with Gasteiger partial charge in [0, 0.05) is 23.7 Å². The van der Waals surface area contributed by atoms with Crippen LogP contribution in [0.4, 0.5) is 5.95 Å². The van der Waals surface area contributed by atoms with Crippen molar-refractivity contribution in [2.75, 3.05) is 5.32 Å². The first-order valence-electron chi connectivity index (χ1n) is 6.33. The van der Waals surface area contributed by atoms with Gasteiger partial charge < -0.3 is 4.98 Å². The van der Waals surface area contributed by atoms with Crippen LogP contribution in [0.1, 0.15) is 6.92 Å². The molecule has 0 atom stereocenters. The second-order valence-electron chi connectivity index (χ2n) is 4.53. The number of nitrogens with zero attached hydrogens (tertiary/aromatic N) is 3. The van der Waals surface area contributed by atoms with Gasteiger partial charge in [-0.3, -0.25) is 14.9 Å². The van der Waals surface area contributed by atoms with Crippen molar-refractivity contribution in [3.05, 3.63) is 45.8 Å². The molecule has 0 unspecified atom stereocenters. The summed E-state index contributed by atoms with van der Waals surface area (Å²) < 4.78 is 0. The average molecular weight is 316 g/mol. The van der Waals surface area contributed by atoms with Crippen LogP contribution >= 0.6 is 11.6 Å². The lowest BCUT2D eigenvalue weighted by atomic mass is 10.2. The standard InChI is InChI=1S/C14H10ClN5O2/c1-7(21)17-14-16-6-10-12(20-14)18-11(19-13(10)22)8-2-4-9(15)5-3-8/h2-6H,1H3,(H2,16,17,18,19,20,21,22). The molecule has 0 aliphatic rings. The van der Waals surface area contributed by atoms with E-state index in [0.717, 1.165) is 0 Å². The predicted octanol–water partition coefficient (Wildman–Crippen LogP) is 1.99. The van der Waals surface area contributed by atoms with Crippen LogP contribution in [-0.2, 0) is 4.79 Å². The lowest BCUT2D eigenvalue weighted by Gasteiger charge is -2.04. The molecule has 2 aromatic heterocycles. The van der Waals surface area contributed by atoms with Crippen LogP contribution in [0.15, 0.2) is 35.3 Å². The number of H-pyrrole nitrogens is 1. The Balaban J connectivity index is 2.14. The molecule has 1 amide bonds. The van der Waals surface area contributed by atoms with Gasteiger partial charge in [0.05, 0.1) is 0 Å². The molecular formula is C14H10ClN5O2. The molecular weight excluding hydrogens is 306 g/mol. The summed E-state index contributed by atoms with van der Waals surface area (Å²) >= 11 is 5.84. The van der Waals surface area contributed by atoms with Gasteiger partial charge in [-0.2, -0.15) is 4.98 Å². The number of nitrogens with one attached hydrogen (secondary N) is 2. The monoisotopic (exact) mass is 315 g/mol. The quantitative estimate of drug-likeness (QED) is 0.753. The van der Waals surface area contributed by atoms with Crippen LogP contribution in [-0.4, -0.2) is 25.8 Å². The van der Waals surface area contributed by atoms with E-state index < -0.39 is 0 Å². The molecule has 0 spiro atoms. The molecule has 0 fully saturated rings. The van der Waals surface area contributed by atoms with Crippen LogP contribution in [0.25, 0.3) is 22.4 Å². The van der Waals surface area contributed by atoms with Crippen LogP contribution in [0, 0.1) is 0 Å². The maximum absolute atomic E-state index is 12.1. The fourth-order valence-electron chi connectivity index (χ4n) is 1.89. The van der Waals surface area contributed by atoms with E-state index in [0.29, 0.717) is 16.4 Å². The Morgan fingerprint density at radius 2 is 1.95 bits per heavy atom. The summed E-state index contributed by atoms with van der Waals surface area (Å²) in [4.78, 5) is 38.1. The van der Waals surface area contributed by atoms with Crippen molar-refractivity contribution in [3.8, 4) is 11.4 Å². The fourth-order valence-corrected chi connectivity index (χ4v) is 2.02. The van der Waals surface area contributed by atoms with Gasteiger partial charge in [-0.05, 0) is 24.3 Å². The van der Waals surface area contributed by atoms with E-state index in [1.54, 1.807) is 24.3 Å². The summed E-state index contributed by atoms with van der Waals surface area (Å²) in [6.45, 7) is 1.35. The Bertz CT molecular complexity index is 921. The minimum atomic E-state index is -0.357. The van der Waals surface area contributed by atoms with Crippen LogP contribution in [0.5, 0.6) is 0 Å². The Labute approximate surface area is 129 Å². The first-order chi connectivity index (χ1) is 10.5. The third-order valence-electron chi connectivity index (χ3n) is 2.87. The van der Waals surface area contributed by atoms with Crippen molar-refractivity contribution in [1.29, 1.82) is 0 Å². The number of carbonyl (C=O) groups is 1. The number of halogens is 1. The summed E-state index contributed by atoms with van der Waals surface area (Å²) in [6.07, 6.45) is 1.32. The molecule has 3 rings (SSSR count). The first kappa shape index (κ1) is 14.2. The van der Waals surface area contributed by atoms with Crippen LogP contribution in [0.2, 0.25) is 5.02 Å². The van der Waals surface area contributed by atoms with E-state index in [9.17, 15) is 9.59 Å². The van der Waals surface area contributed by atoms with Gasteiger partial charge in [-0.15, -0.1) is 0 Å². The molecule has 22 heavy (non-hydrogen) atoms. The van der Waals surface area contributed by atoms with Crippen molar-refractivity contribution in [1.82, 2.24) is 19.9 Å². The lowest BCUT2D eigenvalue weighted by molar-refractivity contribution is -0.114. The number of carbonyl (C=O) groups excluding carboxylic acids is 1. The number of aromatic amines is 1. The maximum atomic E-state index is 12.1. The summed E-state index contributed by atoms with van der Waals surface area (Å²) in [5, 5.41) is 3.28. The summed E-state index contributed by atoms with van der Waals surface area (Å²) in [5.41, 5.74) is 0.542. The number of aromatic nitrogens is 4. The molecule has 0 bridgehead atoms. The van der Waals surface area contributed by atoms with Crippen molar-refractivity contribution >= 4 is 34.5 Å². The highest BCUT2D eigenvalue weighted by molar-refractivity contribution is 6.30. The molecule has 0 radical (unpaired) electrons. The van der Waals surface area contributed by atoms with Crippen LogP contribution in [0.3, 0.4) is 0 Å². The number of hydrogen-bond donors (Lipinski definition) is 2. The predicted molar refractivity (Wildman–Crippen MR) is 82.7 cm³/mol. The normalized spacial score (nSPS) is 10.6. The van der Waals surface area contributed by atoms with Crippen LogP contribution < -0.4 is 10.9 Å². The minimum absolute atomic E-state index is 0.0974. The summed E-state index contributed by atoms with van der Waals surface area (Å²) in [5.74, 6) is 0.156. The van der Waals surface area contributed by atoms with E-state index in [1.807, 2.05) is 0 Å². The second kappa shape index (κ2) is 5.53. The zero-order valence-electron chi connectivity index (χ0n) is 11.4. The zero-order chi connectivity index (χ0) is 15.7. The Morgan fingerprint density at radius 1 is 1.23 bits per heavy atom. The third-order valence-corrected chi connectivity index (χ3v) is 3.12. The molecule has 0 saturated heterocycles. The van der Waals surface area contributed by atoms with E-state index in [-0.39, 0.29) is 28.4 Å². The van der Waals surface area contributed by atoms with E-state index in [4.69, 9.17) is 11.6 Å². The summed E-state index contributed by atoms with van der Waals surface area (Å²) in [6, 6.07) is 6.87. The zero-order valence-corrected chi connectivity index (χ0v) is 12.2. The number of anilines is 1. The molecule has 3 aromatic rings. The Morgan fingerprint density at radius 3 is 2.64 bits per heavy atom. The number of benzene rings is 1. The molecule has 1 aromatic carbocycles. The van der Waals surface area contributed by atoms with Crippen molar-refractivity contribution in [2.24, 2.45) is 0 Å². The van der Waals surface area contributed by atoms with Gasteiger partial charge in [0.15, 0.2) is 5.65 Å². The number of amides is 1. The summed E-state index contributed by atoms with van der Waals surface area (Å²) in [7, 11) is 0. The third kappa shape index (κ3) is 2.79. The Kier molecular flexibility index (Phi) is 3.56. The van der Waals surface area contributed by atoms with Crippen molar-refractivity contribution < 1.29 is 4.79 Å². The van der Waals surface area contributed by atoms with E-state index in [1.165, 1.54) is 13.1 Å². The van der Waals surface area contributed by atoms with Crippen molar-refractivity contribution in [3.63, 3.8) is 0 Å². The van der Waals surface area contributed by atoms with Gasteiger partial charge in [-0.25, -0.2) is 9.97 Å². The number of rotatable bonds is 2. The molecule has 2 heterocycles. The van der Waals surface area contributed by atoms with Gasteiger partial charge in [0.1, 0.15) is 11.2 Å². The van der Waals surface area contributed by atoms with Gasteiger partial charge in [-0.1, -0.05) is 11.6 Å². The van der Waals surface area contributed by atoms with E-state index >= 15 is 0 Å². The maximum Gasteiger partial charge on any atom is 0.262 e. The second-order valence-corrected chi connectivity index (χ2v) is 4.97. The van der Waals surface area contributed by atoms with Crippen molar-refractivity contribution in [2.45, 2.75) is 6.92 Å². The highest BCUT2D eigenvalue weighted by atomic mass is 35.5. The van der Waals surface area contributed by atoms with Gasteiger partial charge in [0.25, 0.3) is 5.56 Å². The Hall–Kier alpha value is -2.80. The topological polar surface area (TPSA) is 101 Å².